The second-order valence-corrected chi connectivity index (χ2v) is 5.47. The van der Waals surface area contributed by atoms with E-state index in [9.17, 15) is 14.9 Å². The van der Waals surface area contributed by atoms with Crippen LogP contribution in [0.1, 0.15) is 43.5 Å². The van der Waals surface area contributed by atoms with Gasteiger partial charge in [-0.25, -0.2) is 0 Å². The lowest BCUT2D eigenvalue weighted by atomic mass is 9.96. The van der Waals surface area contributed by atoms with Crippen molar-refractivity contribution in [3.05, 3.63) is 33.9 Å². The first-order valence-electron chi connectivity index (χ1n) is 7.03. The van der Waals surface area contributed by atoms with E-state index in [1.165, 1.54) is 12.1 Å². The van der Waals surface area contributed by atoms with Gasteiger partial charge in [0.2, 0.25) is 0 Å². The van der Waals surface area contributed by atoms with Gasteiger partial charge in [0.05, 0.1) is 4.92 Å². The van der Waals surface area contributed by atoms with Crippen molar-refractivity contribution in [3.8, 4) is 0 Å². The predicted molar refractivity (Wildman–Crippen MR) is 79.9 cm³/mol. The highest BCUT2D eigenvalue weighted by Crippen LogP contribution is 2.28. The minimum Gasteiger partial charge on any atom is -0.333 e. The van der Waals surface area contributed by atoms with Crippen LogP contribution in [0.15, 0.2) is 18.2 Å². The number of nitrogens with one attached hydrogen (secondary N) is 1. The maximum atomic E-state index is 12.6. The molecule has 0 saturated carbocycles. The number of rotatable bonds is 3. The molecule has 1 aromatic rings. The lowest BCUT2D eigenvalue weighted by molar-refractivity contribution is -0.384. The van der Waals surface area contributed by atoms with E-state index in [-0.39, 0.29) is 29.4 Å². The van der Waals surface area contributed by atoms with Crippen LogP contribution in [0.3, 0.4) is 0 Å². The number of carbonyl (C=O) groups is 1. The third-order valence-corrected chi connectivity index (χ3v) is 4.02. The third kappa shape index (κ3) is 2.97. The van der Waals surface area contributed by atoms with Crippen LogP contribution in [0.4, 0.5) is 11.4 Å². The Hall–Kier alpha value is -2.15. The zero-order valence-corrected chi connectivity index (χ0v) is 12.2. The Morgan fingerprint density at radius 1 is 1.38 bits per heavy atom. The molecule has 2 unspecified atom stereocenters. The van der Waals surface area contributed by atoms with Crippen LogP contribution >= 0.6 is 0 Å². The fourth-order valence-electron chi connectivity index (χ4n) is 2.91. The first kappa shape index (κ1) is 15.2. The second kappa shape index (κ2) is 6.09. The summed E-state index contributed by atoms with van der Waals surface area (Å²) in [5.41, 5.74) is 2.59. The summed E-state index contributed by atoms with van der Waals surface area (Å²) in [6, 6.07) is 4.61. The van der Waals surface area contributed by atoms with Gasteiger partial charge in [-0.1, -0.05) is 0 Å². The molecule has 1 aliphatic rings. The fraction of sp³-hybridized carbons (Fsp3) is 0.500. The monoisotopic (exact) mass is 292 g/mol. The van der Waals surface area contributed by atoms with Crippen molar-refractivity contribution >= 4 is 17.3 Å². The summed E-state index contributed by atoms with van der Waals surface area (Å²) in [6.07, 6.45) is 3.02. The van der Waals surface area contributed by atoms with Crippen LogP contribution < -0.4 is 11.3 Å². The van der Waals surface area contributed by atoms with Gasteiger partial charge in [-0.2, -0.15) is 0 Å². The molecular weight excluding hydrogens is 272 g/mol. The van der Waals surface area contributed by atoms with Gasteiger partial charge in [-0.05, 0) is 45.2 Å². The van der Waals surface area contributed by atoms with E-state index in [4.69, 9.17) is 5.84 Å². The summed E-state index contributed by atoms with van der Waals surface area (Å²) < 4.78 is 0. The Morgan fingerprint density at radius 2 is 2.00 bits per heavy atom. The number of amides is 1. The van der Waals surface area contributed by atoms with Crippen molar-refractivity contribution in [3.63, 3.8) is 0 Å². The number of carbonyl (C=O) groups excluding carboxylic acids is 1. The van der Waals surface area contributed by atoms with Gasteiger partial charge in [0.1, 0.15) is 5.69 Å². The SMILES string of the molecule is CC1CCCC(C)N1C(=O)c1ccc(NN)c([N+](=O)[O-])c1. The molecule has 0 bridgehead atoms. The number of nitro benzene ring substituents is 1. The largest absolute Gasteiger partial charge is 0.333 e. The molecule has 0 radical (unpaired) electrons. The van der Waals surface area contributed by atoms with E-state index < -0.39 is 4.92 Å². The first-order chi connectivity index (χ1) is 9.95. The van der Waals surface area contributed by atoms with Gasteiger partial charge in [0.25, 0.3) is 11.6 Å². The van der Waals surface area contributed by atoms with Gasteiger partial charge >= 0.3 is 0 Å². The molecule has 114 valence electrons. The molecule has 1 heterocycles. The Kier molecular flexibility index (Phi) is 4.42. The molecule has 2 rings (SSSR count). The maximum Gasteiger partial charge on any atom is 0.294 e. The van der Waals surface area contributed by atoms with Crippen molar-refractivity contribution in [2.75, 3.05) is 5.43 Å². The topological polar surface area (TPSA) is 102 Å². The average molecular weight is 292 g/mol. The fourth-order valence-corrected chi connectivity index (χ4v) is 2.91. The van der Waals surface area contributed by atoms with E-state index in [1.807, 2.05) is 18.7 Å². The number of nitro groups is 1. The van der Waals surface area contributed by atoms with Crippen LogP contribution in [-0.2, 0) is 0 Å². The van der Waals surface area contributed by atoms with Gasteiger partial charge < -0.3 is 10.3 Å². The molecule has 3 N–H and O–H groups in total. The minimum absolute atomic E-state index is 0.146. The number of nitrogens with zero attached hydrogens (tertiary/aromatic N) is 2. The quantitative estimate of drug-likeness (QED) is 0.505. The van der Waals surface area contributed by atoms with Gasteiger partial charge in [-0.3, -0.25) is 20.8 Å². The molecule has 0 aliphatic carbocycles. The number of hydrazine groups is 1. The average Bonchev–Trinajstić information content (AvgIpc) is 2.46. The molecule has 1 aromatic carbocycles. The smallest absolute Gasteiger partial charge is 0.294 e. The number of hydrogen-bond donors (Lipinski definition) is 2. The Balaban J connectivity index is 2.34. The van der Waals surface area contributed by atoms with Crippen LogP contribution in [0.2, 0.25) is 0 Å². The van der Waals surface area contributed by atoms with E-state index in [0.29, 0.717) is 5.56 Å². The number of nitrogens with two attached hydrogens (primary N) is 1. The first-order valence-corrected chi connectivity index (χ1v) is 7.03. The second-order valence-electron chi connectivity index (χ2n) is 5.47. The molecule has 7 nitrogen and oxygen atoms in total. The maximum absolute atomic E-state index is 12.6. The van der Waals surface area contributed by atoms with E-state index >= 15 is 0 Å². The minimum atomic E-state index is -0.547. The third-order valence-electron chi connectivity index (χ3n) is 4.02. The van der Waals surface area contributed by atoms with Crippen molar-refractivity contribution < 1.29 is 9.72 Å². The van der Waals surface area contributed by atoms with Gasteiger partial charge in [0, 0.05) is 23.7 Å². The number of likely N-dealkylation sites (tertiary alicyclic amines) is 1. The van der Waals surface area contributed by atoms with Crippen molar-refractivity contribution in [1.82, 2.24) is 4.90 Å². The van der Waals surface area contributed by atoms with E-state index in [1.54, 1.807) is 6.07 Å². The summed E-state index contributed by atoms with van der Waals surface area (Å²) in [4.78, 5) is 25.0. The van der Waals surface area contributed by atoms with E-state index in [0.717, 1.165) is 19.3 Å². The molecule has 1 saturated heterocycles. The zero-order valence-electron chi connectivity index (χ0n) is 12.2. The van der Waals surface area contributed by atoms with E-state index in [2.05, 4.69) is 5.43 Å². The molecule has 0 spiro atoms. The summed E-state index contributed by atoms with van der Waals surface area (Å²) in [7, 11) is 0. The summed E-state index contributed by atoms with van der Waals surface area (Å²) in [6.45, 7) is 4.02. The highest BCUT2D eigenvalue weighted by molar-refractivity contribution is 5.96. The Bertz CT molecular complexity index is 551. The summed E-state index contributed by atoms with van der Waals surface area (Å²) in [5, 5.41) is 11.0. The van der Waals surface area contributed by atoms with Gasteiger partial charge in [0.15, 0.2) is 0 Å². The molecular formula is C14H20N4O3. The number of benzene rings is 1. The number of hydrogen-bond acceptors (Lipinski definition) is 5. The molecule has 2 atom stereocenters. The van der Waals surface area contributed by atoms with Crippen molar-refractivity contribution in [1.29, 1.82) is 0 Å². The van der Waals surface area contributed by atoms with Crippen LogP contribution in [0.25, 0.3) is 0 Å². The highest BCUT2D eigenvalue weighted by Gasteiger charge is 2.30. The summed E-state index contributed by atoms with van der Waals surface area (Å²) >= 11 is 0. The van der Waals surface area contributed by atoms with Crippen LogP contribution in [-0.4, -0.2) is 27.8 Å². The van der Waals surface area contributed by atoms with Crippen LogP contribution in [0, 0.1) is 10.1 Å². The zero-order chi connectivity index (χ0) is 15.6. The Labute approximate surface area is 123 Å². The highest BCUT2D eigenvalue weighted by atomic mass is 16.6. The molecule has 1 aliphatic heterocycles. The normalized spacial score (nSPS) is 22.0. The lowest BCUT2D eigenvalue weighted by Gasteiger charge is -2.39. The molecule has 0 aromatic heterocycles. The predicted octanol–water partition coefficient (Wildman–Crippen LogP) is 2.28. The van der Waals surface area contributed by atoms with Crippen LogP contribution in [0.5, 0.6) is 0 Å². The van der Waals surface area contributed by atoms with Gasteiger partial charge in [-0.15, -0.1) is 0 Å². The Morgan fingerprint density at radius 3 is 2.52 bits per heavy atom. The number of anilines is 1. The summed E-state index contributed by atoms with van der Waals surface area (Å²) in [5.74, 6) is 5.09. The van der Waals surface area contributed by atoms with Crippen molar-refractivity contribution in [2.45, 2.75) is 45.2 Å². The standard InChI is InChI=1S/C14H20N4O3/c1-9-4-3-5-10(2)17(9)14(19)11-6-7-12(16-15)13(8-11)18(20)21/h6-10,16H,3-5,15H2,1-2H3. The molecule has 7 heteroatoms. The molecule has 1 amide bonds. The van der Waals surface area contributed by atoms with Crippen molar-refractivity contribution in [2.24, 2.45) is 5.84 Å². The number of nitrogen functional groups attached to an aromatic ring is 1. The number of piperidine rings is 1. The molecule has 21 heavy (non-hydrogen) atoms. The lowest BCUT2D eigenvalue weighted by Crippen LogP contribution is -2.47. The molecule has 1 fully saturated rings.